The molecule has 0 saturated carbocycles. The Kier molecular flexibility index (Phi) is 4.21. The van der Waals surface area contributed by atoms with Crippen molar-refractivity contribution in [2.24, 2.45) is 0 Å². The van der Waals surface area contributed by atoms with Crippen LogP contribution in [0.2, 0.25) is 0 Å². The maximum Gasteiger partial charge on any atom is 0.257 e. The molecule has 1 N–H and O–H groups in total. The summed E-state index contributed by atoms with van der Waals surface area (Å²) in [7, 11) is 0. The fourth-order valence-electron chi connectivity index (χ4n) is 1.41. The van der Waals surface area contributed by atoms with Crippen molar-refractivity contribution in [3.05, 3.63) is 57.6 Å². The molecule has 1 amide bonds. The number of rotatable bonds is 2. The zero-order valence-corrected chi connectivity index (χ0v) is 11.4. The maximum absolute atomic E-state index is 13.4. The number of carbonyl (C=O) groups excluding carboxylic acids is 1. The van der Waals surface area contributed by atoms with Gasteiger partial charge < -0.3 is 5.32 Å². The predicted molar refractivity (Wildman–Crippen MR) is 66.1 cm³/mol. The molecular formula is C12H4BrF5N2O. The summed E-state index contributed by atoms with van der Waals surface area (Å²) in [5, 5.41) is 1.63. The van der Waals surface area contributed by atoms with E-state index in [0.717, 1.165) is 6.20 Å². The molecule has 0 saturated heterocycles. The van der Waals surface area contributed by atoms with E-state index in [2.05, 4.69) is 20.9 Å². The number of hydrogen-bond donors (Lipinski definition) is 1. The molecule has 0 atom stereocenters. The minimum atomic E-state index is -2.30. The summed E-state index contributed by atoms with van der Waals surface area (Å²) < 4.78 is 66.0. The van der Waals surface area contributed by atoms with E-state index in [-0.39, 0.29) is 5.56 Å². The molecule has 0 aliphatic rings. The van der Waals surface area contributed by atoms with Gasteiger partial charge in [0.1, 0.15) is 10.3 Å². The van der Waals surface area contributed by atoms with Crippen molar-refractivity contribution in [2.75, 3.05) is 5.32 Å². The van der Waals surface area contributed by atoms with Gasteiger partial charge in [-0.1, -0.05) is 0 Å². The van der Waals surface area contributed by atoms with Crippen molar-refractivity contribution in [1.82, 2.24) is 4.98 Å². The first-order valence-electron chi connectivity index (χ1n) is 5.27. The number of aromatic nitrogens is 1. The lowest BCUT2D eigenvalue weighted by Gasteiger charge is -2.09. The molecule has 0 unspecified atom stereocenters. The predicted octanol–water partition coefficient (Wildman–Crippen LogP) is 3.79. The van der Waals surface area contributed by atoms with Crippen LogP contribution in [0.15, 0.2) is 22.9 Å². The van der Waals surface area contributed by atoms with Crippen LogP contribution in [0, 0.1) is 29.1 Å². The van der Waals surface area contributed by atoms with Crippen LogP contribution in [0.4, 0.5) is 27.6 Å². The minimum Gasteiger partial charge on any atom is -0.317 e. The number of benzene rings is 1. The lowest BCUT2D eigenvalue weighted by molar-refractivity contribution is 0.102. The molecule has 1 aromatic heterocycles. The van der Waals surface area contributed by atoms with Gasteiger partial charge in [0, 0.05) is 6.20 Å². The third-order valence-electron chi connectivity index (χ3n) is 2.44. The van der Waals surface area contributed by atoms with Crippen LogP contribution in [-0.4, -0.2) is 10.9 Å². The molecule has 9 heteroatoms. The molecule has 21 heavy (non-hydrogen) atoms. The average Bonchev–Trinajstić information content (AvgIpc) is 2.48. The summed E-state index contributed by atoms with van der Waals surface area (Å²) in [6.45, 7) is 0. The Morgan fingerprint density at radius 1 is 0.952 bits per heavy atom. The average molecular weight is 367 g/mol. The molecule has 3 nitrogen and oxygen atoms in total. The fraction of sp³-hybridized carbons (Fsp3) is 0. The molecule has 0 spiro atoms. The van der Waals surface area contributed by atoms with E-state index < -0.39 is 40.7 Å². The van der Waals surface area contributed by atoms with Gasteiger partial charge in [-0.05, 0) is 28.1 Å². The summed E-state index contributed by atoms with van der Waals surface area (Å²) in [5.74, 6) is -11.9. The van der Waals surface area contributed by atoms with Gasteiger partial charge in [0.25, 0.3) is 5.91 Å². The third kappa shape index (κ3) is 2.87. The van der Waals surface area contributed by atoms with Crippen LogP contribution in [0.5, 0.6) is 0 Å². The van der Waals surface area contributed by atoms with Crippen molar-refractivity contribution in [1.29, 1.82) is 0 Å². The molecule has 0 bridgehead atoms. The van der Waals surface area contributed by atoms with Gasteiger partial charge >= 0.3 is 0 Å². The van der Waals surface area contributed by atoms with Crippen molar-refractivity contribution in [2.45, 2.75) is 0 Å². The molecule has 1 heterocycles. The molecule has 0 fully saturated rings. The molecule has 0 radical (unpaired) electrons. The van der Waals surface area contributed by atoms with Gasteiger partial charge in [-0.25, -0.2) is 26.9 Å². The van der Waals surface area contributed by atoms with Crippen molar-refractivity contribution >= 4 is 27.5 Å². The maximum atomic E-state index is 13.4. The highest BCUT2D eigenvalue weighted by Gasteiger charge is 2.27. The summed E-state index contributed by atoms with van der Waals surface area (Å²) in [6, 6.07) is 2.62. The van der Waals surface area contributed by atoms with Crippen molar-refractivity contribution in [3.8, 4) is 0 Å². The third-order valence-corrected chi connectivity index (χ3v) is 2.91. The van der Waals surface area contributed by atoms with Gasteiger partial charge in [-0.2, -0.15) is 0 Å². The summed E-state index contributed by atoms with van der Waals surface area (Å²) >= 11 is 3.01. The van der Waals surface area contributed by atoms with Gasteiger partial charge in [-0.15, -0.1) is 0 Å². The second-order valence-electron chi connectivity index (χ2n) is 3.77. The van der Waals surface area contributed by atoms with Gasteiger partial charge in [0.2, 0.25) is 5.82 Å². The second kappa shape index (κ2) is 5.76. The molecule has 110 valence electrons. The SMILES string of the molecule is O=C(Nc1c(F)c(F)c(F)c(F)c1F)c1ccc(Br)nc1. The monoisotopic (exact) mass is 366 g/mol. The first-order chi connectivity index (χ1) is 9.82. The molecule has 1 aromatic carbocycles. The molecular weight excluding hydrogens is 363 g/mol. The number of hydrogen-bond acceptors (Lipinski definition) is 2. The van der Waals surface area contributed by atoms with Gasteiger partial charge in [0.05, 0.1) is 5.56 Å². The van der Waals surface area contributed by atoms with E-state index in [9.17, 15) is 26.7 Å². The highest BCUT2D eigenvalue weighted by molar-refractivity contribution is 9.10. The number of carbonyl (C=O) groups is 1. The lowest BCUT2D eigenvalue weighted by atomic mass is 10.2. The number of nitrogens with zero attached hydrogens (tertiary/aromatic N) is 1. The molecule has 0 aliphatic carbocycles. The van der Waals surface area contributed by atoms with E-state index in [1.807, 2.05) is 0 Å². The Labute approximate surface area is 122 Å². The Morgan fingerprint density at radius 3 is 1.95 bits per heavy atom. The zero-order chi connectivity index (χ0) is 15.7. The van der Waals surface area contributed by atoms with Crippen LogP contribution >= 0.6 is 15.9 Å². The lowest BCUT2D eigenvalue weighted by Crippen LogP contribution is -2.17. The molecule has 2 aromatic rings. The van der Waals surface area contributed by atoms with E-state index in [4.69, 9.17) is 0 Å². The smallest absolute Gasteiger partial charge is 0.257 e. The van der Waals surface area contributed by atoms with Crippen LogP contribution < -0.4 is 5.32 Å². The molecule has 0 aliphatic heterocycles. The quantitative estimate of drug-likeness (QED) is 0.380. The topological polar surface area (TPSA) is 42.0 Å². The molecule has 2 rings (SSSR count). The summed E-state index contributed by atoms with van der Waals surface area (Å²) in [6.07, 6.45) is 1.06. The Hall–Kier alpha value is -2.03. The Balaban J connectivity index is 2.40. The van der Waals surface area contributed by atoms with Crippen LogP contribution in [0.3, 0.4) is 0 Å². The summed E-state index contributed by atoms with van der Waals surface area (Å²) in [4.78, 5) is 15.4. The first-order valence-corrected chi connectivity index (χ1v) is 6.06. The van der Waals surface area contributed by atoms with E-state index in [0.29, 0.717) is 4.60 Å². The number of halogens is 6. The number of pyridine rings is 1. The van der Waals surface area contributed by atoms with Crippen molar-refractivity contribution < 1.29 is 26.7 Å². The Morgan fingerprint density at radius 2 is 1.48 bits per heavy atom. The minimum absolute atomic E-state index is 0.123. The van der Waals surface area contributed by atoms with E-state index in [1.54, 1.807) is 5.32 Å². The highest BCUT2D eigenvalue weighted by atomic mass is 79.9. The first kappa shape index (κ1) is 15.4. The largest absolute Gasteiger partial charge is 0.317 e. The van der Waals surface area contributed by atoms with E-state index in [1.165, 1.54) is 12.1 Å². The zero-order valence-electron chi connectivity index (χ0n) is 9.86. The summed E-state index contributed by atoms with van der Waals surface area (Å²) in [5.41, 5.74) is -1.54. The van der Waals surface area contributed by atoms with Crippen LogP contribution in [-0.2, 0) is 0 Å². The number of anilines is 1. The van der Waals surface area contributed by atoms with Gasteiger partial charge in [0.15, 0.2) is 23.3 Å². The Bertz CT molecular complexity index is 692. The van der Waals surface area contributed by atoms with Crippen LogP contribution in [0.25, 0.3) is 0 Å². The van der Waals surface area contributed by atoms with Crippen molar-refractivity contribution in [3.63, 3.8) is 0 Å². The fourth-order valence-corrected chi connectivity index (χ4v) is 1.65. The highest BCUT2D eigenvalue weighted by Crippen LogP contribution is 2.27. The second-order valence-corrected chi connectivity index (χ2v) is 4.58. The number of nitrogens with one attached hydrogen (secondary N) is 1. The van der Waals surface area contributed by atoms with Gasteiger partial charge in [-0.3, -0.25) is 4.79 Å². The number of amides is 1. The normalized spacial score (nSPS) is 10.6. The van der Waals surface area contributed by atoms with E-state index >= 15 is 0 Å². The van der Waals surface area contributed by atoms with Crippen LogP contribution in [0.1, 0.15) is 10.4 Å². The standard InChI is InChI=1S/C12H4BrF5N2O/c13-5-2-1-4(3-19-5)12(21)20-11-9(17)7(15)6(14)8(16)10(11)18/h1-3H,(H,20,21).